The van der Waals surface area contributed by atoms with E-state index in [2.05, 4.69) is 37.9 Å². The molecule has 1 aromatic heterocycles. The number of aromatic nitrogens is 1. The summed E-state index contributed by atoms with van der Waals surface area (Å²) < 4.78 is 28.4. The molecule has 0 aliphatic carbocycles. The first kappa shape index (κ1) is 18.3. The number of aromatic amines is 1. The average Bonchev–Trinajstić information content (AvgIpc) is 3.06. The van der Waals surface area contributed by atoms with Gasteiger partial charge in [0.05, 0.1) is 10.9 Å². The minimum atomic E-state index is -3.53. The standard InChI is InChI=1S/C22H26N2O2S/c1-4-21-22-19(18-7-5-6-8-20(18)23-22)13-14-24(21)27(25,26)17-11-9-16(10-12-17)15(2)3/h5-12,15,21,23H,4,13-14H2,1-3H3. The average molecular weight is 383 g/mol. The second-order valence-corrected chi connectivity index (χ2v) is 9.47. The van der Waals surface area contributed by atoms with Crippen LogP contribution in [0.3, 0.4) is 0 Å². The summed E-state index contributed by atoms with van der Waals surface area (Å²) in [5.41, 5.74) is 4.55. The minimum absolute atomic E-state index is 0.157. The molecule has 4 rings (SSSR count). The Labute approximate surface area is 161 Å². The molecule has 2 aromatic carbocycles. The summed E-state index contributed by atoms with van der Waals surface area (Å²) in [5, 5.41) is 1.21. The van der Waals surface area contributed by atoms with E-state index >= 15 is 0 Å². The molecule has 0 bridgehead atoms. The summed E-state index contributed by atoms with van der Waals surface area (Å²) >= 11 is 0. The van der Waals surface area contributed by atoms with E-state index in [0.717, 1.165) is 29.6 Å². The van der Waals surface area contributed by atoms with E-state index in [0.29, 0.717) is 17.4 Å². The van der Waals surface area contributed by atoms with Gasteiger partial charge in [-0.3, -0.25) is 0 Å². The number of benzene rings is 2. The molecule has 2 heterocycles. The van der Waals surface area contributed by atoms with Gasteiger partial charge in [-0.15, -0.1) is 0 Å². The Kier molecular flexibility index (Phi) is 4.60. The van der Waals surface area contributed by atoms with Gasteiger partial charge in [0.1, 0.15) is 0 Å². The number of H-pyrrole nitrogens is 1. The van der Waals surface area contributed by atoms with Gasteiger partial charge in [0, 0.05) is 23.1 Å². The fraction of sp³-hybridized carbons (Fsp3) is 0.364. The minimum Gasteiger partial charge on any atom is -0.357 e. The molecule has 142 valence electrons. The number of hydrogen-bond donors (Lipinski definition) is 1. The molecule has 0 saturated carbocycles. The van der Waals surface area contributed by atoms with Gasteiger partial charge in [0.25, 0.3) is 0 Å². The third-order valence-electron chi connectivity index (χ3n) is 5.65. The van der Waals surface area contributed by atoms with Gasteiger partial charge < -0.3 is 4.98 Å². The Morgan fingerprint density at radius 3 is 2.48 bits per heavy atom. The molecule has 0 radical (unpaired) electrons. The normalized spacial score (nSPS) is 18.1. The van der Waals surface area contributed by atoms with Crippen molar-refractivity contribution in [3.8, 4) is 0 Å². The third kappa shape index (κ3) is 2.99. The van der Waals surface area contributed by atoms with Crippen molar-refractivity contribution in [2.75, 3.05) is 6.54 Å². The summed E-state index contributed by atoms with van der Waals surface area (Å²) in [6, 6.07) is 15.4. The Morgan fingerprint density at radius 2 is 1.81 bits per heavy atom. The Hall–Kier alpha value is -2.11. The zero-order chi connectivity index (χ0) is 19.2. The quantitative estimate of drug-likeness (QED) is 0.691. The third-order valence-corrected chi connectivity index (χ3v) is 7.57. The van der Waals surface area contributed by atoms with Gasteiger partial charge in [0.15, 0.2) is 0 Å². The van der Waals surface area contributed by atoms with Crippen LogP contribution in [0.1, 0.15) is 56.0 Å². The van der Waals surface area contributed by atoms with Crippen LogP contribution < -0.4 is 0 Å². The maximum atomic E-state index is 13.4. The smallest absolute Gasteiger partial charge is 0.243 e. The van der Waals surface area contributed by atoms with Crippen molar-refractivity contribution in [3.63, 3.8) is 0 Å². The van der Waals surface area contributed by atoms with Crippen LogP contribution in [-0.2, 0) is 16.4 Å². The van der Waals surface area contributed by atoms with Gasteiger partial charge in [0.2, 0.25) is 10.0 Å². The van der Waals surface area contributed by atoms with Crippen LogP contribution in [0.5, 0.6) is 0 Å². The molecule has 0 fully saturated rings. The number of para-hydroxylation sites is 1. The van der Waals surface area contributed by atoms with Crippen LogP contribution >= 0.6 is 0 Å². The van der Waals surface area contributed by atoms with Crippen LogP contribution in [0.25, 0.3) is 10.9 Å². The van der Waals surface area contributed by atoms with Gasteiger partial charge in [-0.1, -0.05) is 51.1 Å². The highest BCUT2D eigenvalue weighted by molar-refractivity contribution is 7.89. The predicted octanol–water partition coefficient (Wildman–Crippen LogP) is 4.99. The lowest BCUT2D eigenvalue weighted by atomic mass is 9.98. The molecule has 1 N–H and O–H groups in total. The summed E-state index contributed by atoms with van der Waals surface area (Å²) in [6.07, 6.45) is 1.47. The second kappa shape index (κ2) is 6.80. The lowest BCUT2D eigenvalue weighted by Crippen LogP contribution is -2.39. The predicted molar refractivity (Wildman–Crippen MR) is 109 cm³/mol. The Bertz CT molecular complexity index is 1070. The fourth-order valence-electron chi connectivity index (χ4n) is 4.15. The van der Waals surface area contributed by atoms with Crippen molar-refractivity contribution in [2.45, 2.75) is 50.5 Å². The summed E-state index contributed by atoms with van der Waals surface area (Å²) in [4.78, 5) is 3.87. The fourth-order valence-corrected chi connectivity index (χ4v) is 5.82. The van der Waals surface area contributed by atoms with Crippen molar-refractivity contribution in [1.29, 1.82) is 0 Å². The van der Waals surface area contributed by atoms with Crippen molar-refractivity contribution < 1.29 is 8.42 Å². The van der Waals surface area contributed by atoms with Crippen LogP contribution in [0, 0.1) is 0 Å². The van der Waals surface area contributed by atoms with E-state index in [1.165, 1.54) is 10.9 Å². The monoisotopic (exact) mass is 382 g/mol. The molecule has 3 aromatic rings. The molecular weight excluding hydrogens is 356 g/mol. The lowest BCUT2D eigenvalue weighted by Gasteiger charge is -2.34. The van der Waals surface area contributed by atoms with Gasteiger partial charge in [-0.05, 0) is 48.1 Å². The molecule has 1 aliphatic rings. The van der Waals surface area contributed by atoms with Crippen LogP contribution in [0.15, 0.2) is 53.4 Å². The van der Waals surface area contributed by atoms with Crippen LogP contribution in [0.4, 0.5) is 0 Å². The van der Waals surface area contributed by atoms with Crippen molar-refractivity contribution >= 4 is 20.9 Å². The number of nitrogens with one attached hydrogen (secondary N) is 1. The highest BCUT2D eigenvalue weighted by atomic mass is 32.2. The maximum absolute atomic E-state index is 13.4. The van der Waals surface area contributed by atoms with E-state index in [1.54, 1.807) is 16.4 Å². The van der Waals surface area contributed by atoms with Crippen molar-refractivity contribution in [1.82, 2.24) is 9.29 Å². The topological polar surface area (TPSA) is 53.2 Å². The van der Waals surface area contributed by atoms with E-state index in [9.17, 15) is 8.42 Å². The molecule has 1 unspecified atom stereocenters. The van der Waals surface area contributed by atoms with Crippen LogP contribution in [-0.4, -0.2) is 24.3 Å². The second-order valence-electron chi connectivity index (χ2n) is 7.58. The van der Waals surface area contributed by atoms with Crippen molar-refractivity contribution in [3.05, 3.63) is 65.4 Å². The maximum Gasteiger partial charge on any atom is 0.243 e. The van der Waals surface area contributed by atoms with E-state index in [4.69, 9.17) is 0 Å². The van der Waals surface area contributed by atoms with E-state index in [-0.39, 0.29) is 6.04 Å². The summed E-state index contributed by atoms with van der Waals surface area (Å²) in [5.74, 6) is 0.383. The molecular formula is C22H26N2O2S. The first-order valence-electron chi connectivity index (χ1n) is 9.64. The SMILES string of the molecule is CCC1c2[nH]c3ccccc3c2CCN1S(=O)(=O)c1ccc(C(C)C)cc1. The van der Waals surface area contributed by atoms with Crippen molar-refractivity contribution in [2.24, 2.45) is 0 Å². The van der Waals surface area contributed by atoms with Crippen LogP contribution in [0.2, 0.25) is 0 Å². The number of nitrogens with zero attached hydrogens (tertiary/aromatic N) is 1. The highest BCUT2D eigenvalue weighted by Crippen LogP contribution is 2.39. The molecule has 0 spiro atoms. The molecule has 0 amide bonds. The Balaban J connectivity index is 1.75. The zero-order valence-electron chi connectivity index (χ0n) is 16.1. The number of hydrogen-bond acceptors (Lipinski definition) is 2. The first-order chi connectivity index (χ1) is 12.9. The molecule has 27 heavy (non-hydrogen) atoms. The molecule has 0 saturated heterocycles. The molecule has 1 aliphatic heterocycles. The molecule has 5 heteroatoms. The number of rotatable bonds is 4. The van der Waals surface area contributed by atoms with Gasteiger partial charge in [-0.2, -0.15) is 4.31 Å². The molecule has 1 atom stereocenters. The highest BCUT2D eigenvalue weighted by Gasteiger charge is 2.37. The Morgan fingerprint density at radius 1 is 1.11 bits per heavy atom. The lowest BCUT2D eigenvalue weighted by molar-refractivity contribution is 0.297. The van der Waals surface area contributed by atoms with E-state index < -0.39 is 10.0 Å². The molecule has 4 nitrogen and oxygen atoms in total. The zero-order valence-corrected chi connectivity index (χ0v) is 16.9. The van der Waals surface area contributed by atoms with E-state index in [1.807, 2.05) is 24.3 Å². The summed E-state index contributed by atoms with van der Waals surface area (Å²) in [7, 11) is -3.53. The van der Waals surface area contributed by atoms with Gasteiger partial charge >= 0.3 is 0 Å². The largest absolute Gasteiger partial charge is 0.357 e. The summed E-state index contributed by atoms with van der Waals surface area (Å²) in [6.45, 7) is 6.79. The number of fused-ring (bicyclic) bond motifs is 3. The first-order valence-corrected chi connectivity index (χ1v) is 11.1. The number of sulfonamides is 1. The van der Waals surface area contributed by atoms with Gasteiger partial charge in [-0.25, -0.2) is 8.42 Å².